The van der Waals surface area contributed by atoms with Gasteiger partial charge >= 0.3 is 0 Å². The van der Waals surface area contributed by atoms with Gasteiger partial charge in [0.25, 0.3) is 5.16 Å². The Balaban J connectivity index is 2.27. The number of hydrogen-bond acceptors (Lipinski definition) is 4. The molecule has 6 heteroatoms. The van der Waals surface area contributed by atoms with E-state index in [4.69, 9.17) is 0 Å². The highest BCUT2D eigenvalue weighted by atomic mass is 32.2. The Hall–Kier alpha value is -1.95. The Bertz CT molecular complexity index is 775. The summed E-state index contributed by atoms with van der Waals surface area (Å²) in [5, 5.41) is 7.84. The molecule has 0 bridgehead atoms. The van der Waals surface area contributed by atoms with Gasteiger partial charge in [-0.3, -0.25) is 4.57 Å². The highest BCUT2D eigenvalue weighted by Gasteiger charge is 2.25. The van der Waals surface area contributed by atoms with Gasteiger partial charge in [0.05, 0.1) is 0 Å². The minimum atomic E-state index is -3.39. The van der Waals surface area contributed by atoms with Crippen LogP contribution in [-0.4, -0.2) is 29.4 Å². The Labute approximate surface area is 111 Å². The number of nitrogens with zero attached hydrogens (tertiary/aromatic N) is 3. The standard InChI is InChI=1S/C13H13N3O2S/c1-9-11-6-4-3-5-10(11)7-8-16-12(9)14-15-13(16)19(2,17)18/h3-9H,1-2H3. The van der Waals surface area contributed by atoms with Gasteiger partial charge in [0.1, 0.15) is 5.82 Å². The average molecular weight is 275 g/mol. The molecule has 2 aromatic rings. The van der Waals surface area contributed by atoms with Crippen LogP contribution in [0.3, 0.4) is 0 Å². The van der Waals surface area contributed by atoms with Crippen molar-refractivity contribution in [2.24, 2.45) is 0 Å². The van der Waals surface area contributed by atoms with Crippen LogP contribution in [0.25, 0.3) is 12.3 Å². The minimum absolute atomic E-state index is 0.00537. The molecule has 1 aromatic heterocycles. The number of fused-ring (bicyclic) bond motifs is 2. The molecule has 0 N–H and O–H groups in total. The topological polar surface area (TPSA) is 64.8 Å². The average Bonchev–Trinajstić information content (AvgIpc) is 2.74. The highest BCUT2D eigenvalue weighted by Crippen LogP contribution is 2.30. The summed E-state index contributed by atoms with van der Waals surface area (Å²) in [6, 6.07) is 7.95. The van der Waals surface area contributed by atoms with Crippen molar-refractivity contribution in [2.75, 3.05) is 6.26 Å². The molecule has 0 amide bonds. The van der Waals surface area contributed by atoms with E-state index in [-0.39, 0.29) is 11.1 Å². The Morgan fingerprint density at radius 3 is 2.68 bits per heavy atom. The molecule has 0 spiro atoms. The molecule has 1 aromatic carbocycles. The van der Waals surface area contributed by atoms with Crippen molar-refractivity contribution >= 4 is 22.1 Å². The molecule has 19 heavy (non-hydrogen) atoms. The summed E-state index contributed by atoms with van der Waals surface area (Å²) in [5.41, 5.74) is 2.19. The molecule has 0 radical (unpaired) electrons. The fourth-order valence-corrected chi connectivity index (χ4v) is 3.03. The van der Waals surface area contributed by atoms with Crippen LogP contribution in [0.2, 0.25) is 0 Å². The maximum atomic E-state index is 11.7. The second-order valence-corrected chi connectivity index (χ2v) is 6.56. The first-order chi connectivity index (χ1) is 8.98. The summed E-state index contributed by atoms with van der Waals surface area (Å²) < 4.78 is 25.0. The van der Waals surface area contributed by atoms with Gasteiger partial charge in [-0.25, -0.2) is 8.42 Å². The number of sulfone groups is 1. The second kappa shape index (κ2) is 4.03. The quantitative estimate of drug-likeness (QED) is 0.795. The third-order valence-corrected chi connectivity index (χ3v) is 4.22. The normalized spacial score (nSPS) is 17.7. The molecular formula is C13H13N3O2S. The summed E-state index contributed by atoms with van der Waals surface area (Å²) in [7, 11) is -3.39. The lowest BCUT2D eigenvalue weighted by atomic mass is 9.96. The molecule has 0 saturated carbocycles. The monoisotopic (exact) mass is 275 g/mol. The van der Waals surface area contributed by atoms with Crippen molar-refractivity contribution in [3.63, 3.8) is 0 Å². The van der Waals surface area contributed by atoms with Crippen LogP contribution >= 0.6 is 0 Å². The van der Waals surface area contributed by atoms with Gasteiger partial charge in [0.2, 0.25) is 9.84 Å². The van der Waals surface area contributed by atoms with Crippen LogP contribution in [0.1, 0.15) is 29.8 Å². The fourth-order valence-electron chi connectivity index (χ4n) is 2.33. The van der Waals surface area contributed by atoms with E-state index in [0.717, 1.165) is 17.4 Å². The van der Waals surface area contributed by atoms with E-state index in [9.17, 15) is 8.42 Å². The van der Waals surface area contributed by atoms with E-state index in [1.807, 2.05) is 37.3 Å². The van der Waals surface area contributed by atoms with Gasteiger partial charge in [-0.2, -0.15) is 0 Å². The lowest BCUT2D eigenvalue weighted by Gasteiger charge is -2.11. The fraction of sp³-hybridized carbons (Fsp3) is 0.231. The van der Waals surface area contributed by atoms with E-state index in [1.165, 1.54) is 0 Å². The summed E-state index contributed by atoms with van der Waals surface area (Å²) >= 11 is 0. The van der Waals surface area contributed by atoms with E-state index in [2.05, 4.69) is 10.2 Å². The Morgan fingerprint density at radius 2 is 1.95 bits per heavy atom. The molecule has 0 fully saturated rings. The predicted molar refractivity (Wildman–Crippen MR) is 72.3 cm³/mol. The Kier molecular flexibility index (Phi) is 2.56. The molecular weight excluding hydrogens is 262 g/mol. The largest absolute Gasteiger partial charge is 0.276 e. The van der Waals surface area contributed by atoms with Crippen LogP contribution in [0, 0.1) is 0 Å². The molecule has 0 aliphatic carbocycles. The van der Waals surface area contributed by atoms with Crippen LogP contribution in [-0.2, 0) is 9.84 Å². The number of aromatic nitrogens is 3. The molecule has 1 atom stereocenters. The molecule has 5 nitrogen and oxygen atoms in total. The van der Waals surface area contributed by atoms with Crippen molar-refractivity contribution in [1.29, 1.82) is 0 Å². The lowest BCUT2D eigenvalue weighted by Crippen LogP contribution is -2.08. The van der Waals surface area contributed by atoms with Crippen LogP contribution in [0.4, 0.5) is 0 Å². The van der Waals surface area contributed by atoms with E-state index >= 15 is 0 Å². The van der Waals surface area contributed by atoms with E-state index in [1.54, 1.807) is 10.8 Å². The number of benzene rings is 1. The van der Waals surface area contributed by atoms with Gasteiger partial charge in [0.15, 0.2) is 0 Å². The van der Waals surface area contributed by atoms with Gasteiger partial charge < -0.3 is 0 Å². The van der Waals surface area contributed by atoms with E-state index < -0.39 is 9.84 Å². The van der Waals surface area contributed by atoms with Crippen LogP contribution in [0.5, 0.6) is 0 Å². The zero-order valence-electron chi connectivity index (χ0n) is 10.6. The van der Waals surface area contributed by atoms with Gasteiger partial charge in [-0.1, -0.05) is 31.2 Å². The summed E-state index contributed by atoms with van der Waals surface area (Å²) in [6.07, 6.45) is 4.75. The predicted octanol–water partition coefficient (Wildman–Crippen LogP) is 1.77. The molecule has 3 rings (SSSR count). The van der Waals surface area contributed by atoms with Gasteiger partial charge in [-0.05, 0) is 17.2 Å². The SMILES string of the molecule is CC1c2ccccc2C=Cn2c1nnc2S(C)(=O)=O. The first-order valence-corrected chi connectivity index (χ1v) is 7.79. The first-order valence-electron chi connectivity index (χ1n) is 5.90. The van der Waals surface area contributed by atoms with Crippen molar-refractivity contribution in [2.45, 2.75) is 18.0 Å². The van der Waals surface area contributed by atoms with Crippen molar-refractivity contribution < 1.29 is 8.42 Å². The third-order valence-electron chi connectivity index (χ3n) is 3.28. The molecule has 1 unspecified atom stereocenters. The maximum Gasteiger partial charge on any atom is 0.253 e. The second-order valence-electron chi connectivity index (χ2n) is 4.65. The highest BCUT2D eigenvalue weighted by molar-refractivity contribution is 7.90. The molecule has 0 saturated heterocycles. The summed E-state index contributed by atoms with van der Waals surface area (Å²) in [4.78, 5) is 0. The third kappa shape index (κ3) is 1.88. The molecule has 2 heterocycles. The number of rotatable bonds is 1. The minimum Gasteiger partial charge on any atom is -0.276 e. The van der Waals surface area contributed by atoms with Crippen LogP contribution < -0.4 is 0 Å². The molecule has 1 aliphatic heterocycles. The van der Waals surface area contributed by atoms with E-state index in [0.29, 0.717) is 5.82 Å². The van der Waals surface area contributed by atoms with Crippen LogP contribution in [0.15, 0.2) is 29.4 Å². The lowest BCUT2D eigenvalue weighted by molar-refractivity contribution is 0.590. The van der Waals surface area contributed by atoms with Crippen molar-refractivity contribution in [3.05, 3.63) is 41.2 Å². The molecule has 1 aliphatic rings. The Morgan fingerprint density at radius 1 is 1.21 bits per heavy atom. The molecule has 98 valence electrons. The summed E-state index contributed by atoms with van der Waals surface area (Å²) in [6.45, 7) is 2.00. The summed E-state index contributed by atoms with van der Waals surface area (Å²) in [5.74, 6) is 0.635. The first kappa shape index (κ1) is 12.1. The van der Waals surface area contributed by atoms with Crippen molar-refractivity contribution in [3.8, 4) is 0 Å². The smallest absolute Gasteiger partial charge is 0.253 e. The zero-order chi connectivity index (χ0) is 13.6. The maximum absolute atomic E-state index is 11.7. The zero-order valence-corrected chi connectivity index (χ0v) is 11.4. The van der Waals surface area contributed by atoms with Gasteiger partial charge in [0, 0.05) is 18.4 Å². The van der Waals surface area contributed by atoms with Gasteiger partial charge in [-0.15, -0.1) is 10.2 Å². The number of hydrogen-bond donors (Lipinski definition) is 0. The van der Waals surface area contributed by atoms with Crippen molar-refractivity contribution in [1.82, 2.24) is 14.8 Å².